The molecule has 1 saturated heterocycles. The Hall–Kier alpha value is -2.17. The van der Waals surface area contributed by atoms with E-state index in [9.17, 15) is 9.90 Å². The van der Waals surface area contributed by atoms with Gasteiger partial charge in [0.25, 0.3) is 0 Å². The highest BCUT2D eigenvalue weighted by atomic mass is 16.3. The number of piperidine rings is 1. The van der Waals surface area contributed by atoms with Gasteiger partial charge in [-0.15, -0.1) is 0 Å². The molecule has 0 saturated carbocycles. The van der Waals surface area contributed by atoms with Gasteiger partial charge >= 0.3 is 0 Å². The van der Waals surface area contributed by atoms with Gasteiger partial charge in [-0.05, 0) is 55.5 Å². The highest BCUT2D eigenvalue weighted by molar-refractivity contribution is 5.76. The largest absolute Gasteiger partial charge is 0.396 e. The average molecular weight is 381 g/mol. The fourth-order valence-corrected chi connectivity index (χ4v) is 4.21. The van der Waals surface area contributed by atoms with Crippen molar-refractivity contribution in [3.8, 4) is 11.1 Å². The van der Waals surface area contributed by atoms with Crippen LogP contribution in [0.2, 0.25) is 0 Å². The Morgan fingerprint density at radius 3 is 2.29 bits per heavy atom. The predicted molar refractivity (Wildman–Crippen MR) is 114 cm³/mol. The molecule has 28 heavy (non-hydrogen) atoms. The zero-order valence-electron chi connectivity index (χ0n) is 17.1. The summed E-state index contributed by atoms with van der Waals surface area (Å²) in [5.41, 5.74) is 3.60. The van der Waals surface area contributed by atoms with E-state index in [1.165, 1.54) is 16.7 Å². The minimum atomic E-state index is 0.161. The minimum Gasteiger partial charge on any atom is -0.396 e. The average Bonchev–Trinajstić information content (AvgIpc) is 2.72. The number of rotatable bonds is 7. The molecule has 4 heteroatoms. The summed E-state index contributed by atoms with van der Waals surface area (Å²) in [6, 6.07) is 18.8. The quantitative estimate of drug-likeness (QED) is 0.801. The summed E-state index contributed by atoms with van der Waals surface area (Å²) in [7, 11) is 4.13. The Labute approximate surface area is 168 Å². The van der Waals surface area contributed by atoms with Crippen molar-refractivity contribution in [1.82, 2.24) is 9.80 Å². The molecule has 3 rings (SSSR count). The number of hydrogen-bond donors (Lipinski definition) is 1. The second-order valence-electron chi connectivity index (χ2n) is 8.27. The van der Waals surface area contributed by atoms with E-state index in [-0.39, 0.29) is 18.4 Å². The molecule has 1 N–H and O–H groups in total. The van der Waals surface area contributed by atoms with Crippen molar-refractivity contribution in [1.29, 1.82) is 0 Å². The van der Waals surface area contributed by atoms with Gasteiger partial charge in [-0.25, -0.2) is 0 Å². The molecular formula is C24H32N2O2. The highest BCUT2D eigenvalue weighted by Crippen LogP contribution is 2.24. The first kappa shape index (κ1) is 20.6. The molecule has 0 unspecified atom stereocenters. The first-order valence-electron chi connectivity index (χ1n) is 10.2. The summed E-state index contributed by atoms with van der Waals surface area (Å²) < 4.78 is 0. The normalized spacial score (nSPS) is 19.8. The molecule has 1 heterocycles. The van der Waals surface area contributed by atoms with Crippen LogP contribution in [-0.4, -0.2) is 61.2 Å². The van der Waals surface area contributed by atoms with Crippen molar-refractivity contribution < 1.29 is 9.90 Å². The van der Waals surface area contributed by atoms with Crippen LogP contribution >= 0.6 is 0 Å². The van der Waals surface area contributed by atoms with E-state index in [1.54, 1.807) is 0 Å². The third-order valence-corrected chi connectivity index (χ3v) is 5.55. The number of aryl methyl sites for hydroxylation is 1. The van der Waals surface area contributed by atoms with Crippen molar-refractivity contribution in [3.05, 3.63) is 60.2 Å². The summed E-state index contributed by atoms with van der Waals surface area (Å²) in [5, 5.41) is 9.62. The lowest BCUT2D eigenvalue weighted by molar-refractivity contribution is -0.134. The molecular weight excluding hydrogens is 348 g/mol. The van der Waals surface area contributed by atoms with E-state index in [0.717, 1.165) is 25.9 Å². The first-order valence-corrected chi connectivity index (χ1v) is 10.2. The second-order valence-corrected chi connectivity index (χ2v) is 8.27. The van der Waals surface area contributed by atoms with Crippen LogP contribution in [-0.2, 0) is 11.2 Å². The molecule has 1 fully saturated rings. The van der Waals surface area contributed by atoms with Gasteiger partial charge in [-0.1, -0.05) is 54.6 Å². The molecule has 2 aromatic carbocycles. The number of hydrogen-bond acceptors (Lipinski definition) is 3. The standard InChI is InChI=1S/C24H32N2O2/c1-25(2)15-20-14-21(18-27)17-26(16-20)24(28)13-10-19-8-11-23(12-9-19)22-6-4-3-5-7-22/h3-9,11-12,20-21,27H,10,13-18H2,1-2H3/t20-,21+/m0/s1. The molecule has 150 valence electrons. The van der Waals surface area contributed by atoms with E-state index >= 15 is 0 Å². The Morgan fingerprint density at radius 2 is 1.64 bits per heavy atom. The number of carbonyl (C=O) groups is 1. The van der Waals surface area contributed by atoms with E-state index in [4.69, 9.17) is 0 Å². The number of likely N-dealkylation sites (tertiary alicyclic amines) is 1. The fraction of sp³-hybridized carbons (Fsp3) is 0.458. The maximum absolute atomic E-state index is 12.8. The maximum Gasteiger partial charge on any atom is 0.222 e. The van der Waals surface area contributed by atoms with Gasteiger partial charge in [0.2, 0.25) is 5.91 Å². The summed E-state index contributed by atoms with van der Waals surface area (Å²) in [5.74, 6) is 0.844. The molecule has 1 amide bonds. The fourth-order valence-electron chi connectivity index (χ4n) is 4.21. The van der Waals surface area contributed by atoms with Crippen LogP contribution in [0.3, 0.4) is 0 Å². The summed E-state index contributed by atoms with van der Waals surface area (Å²) >= 11 is 0. The number of aliphatic hydroxyl groups is 1. The Kier molecular flexibility index (Phi) is 7.24. The van der Waals surface area contributed by atoms with Crippen LogP contribution in [0.1, 0.15) is 18.4 Å². The number of benzene rings is 2. The summed E-state index contributed by atoms with van der Waals surface area (Å²) in [6.45, 7) is 2.61. The van der Waals surface area contributed by atoms with E-state index < -0.39 is 0 Å². The van der Waals surface area contributed by atoms with Crippen LogP contribution in [0.4, 0.5) is 0 Å². The van der Waals surface area contributed by atoms with E-state index in [0.29, 0.717) is 18.9 Å². The van der Waals surface area contributed by atoms with Crippen molar-refractivity contribution in [2.75, 3.05) is 40.3 Å². The van der Waals surface area contributed by atoms with Gasteiger partial charge in [0.15, 0.2) is 0 Å². The highest BCUT2D eigenvalue weighted by Gasteiger charge is 2.29. The van der Waals surface area contributed by atoms with Gasteiger partial charge in [-0.3, -0.25) is 4.79 Å². The van der Waals surface area contributed by atoms with Crippen LogP contribution < -0.4 is 0 Å². The van der Waals surface area contributed by atoms with Crippen molar-refractivity contribution in [3.63, 3.8) is 0 Å². The number of nitrogens with zero attached hydrogens (tertiary/aromatic N) is 2. The van der Waals surface area contributed by atoms with E-state index in [1.807, 2.05) is 23.1 Å². The summed E-state index contributed by atoms with van der Waals surface area (Å²) in [4.78, 5) is 16.9. The molecule has 4 nitrogen and oxygen atoms in total. The van der Waals surface area contributed by atoms with Crippen LogP contribution in [0.5, 0.6) is 0 Å². The molecule has 1 aliphatic rings. The molecule has 2 aromatic rings. The van der Waals surface area contributed by atoms with Gasteiger partial charge in [0.1, 0.15) is 0 Å². The Bertz CT molecular complexity index is 743. The lowest BCUT2D eigenvalue weighted by Crippen LogP contribution is -2.47. The van der Waals surface area contributed by atoms with Gasteiger partial charge in [0, 0.05) is 32.7 Å². The van der Waals surface area contributed by atoms with Gasteiger partial charge in [0.05, 0.1) is 0 Å². The summed E-state index contributed by atoms with van der Waals surface area (Å²) in [6.07, 6.45) is 2.28. The zero-order valence-corrected chi connectivity index (χ0v) is 17.1. The number of carbonyl (C=O) groups excluding carboxylic acids is 1. The maximum atomic E-state index is 12.8. The molecule has 0 aliphatic carbocycles. The van der Waals surface area contributed by atoms with Crippen LogP contribution in [0, 0.1) is 11.8 Å². The number of aliphatic hydroxyl groups excluding tert-OH is 1. The molecule has 0 spiro atoms. The van der Waals surface area contributed by atoms with Crippen LogP contribution in [0.25, 0.3) is 11.1 Å². The minimum absolute atomic E-state index is 0.161. The van der Waals surface area contributed by atoms with Crippen molar-refractivity contribution in [2.24, 2.45) is 11.8 Å². The predicted octanol–water partition coefficient (Wildman–Crippen LogP) is 3.30. The number of amides is 1. The molecule has 2 atom stereocenters. The molecule has 0 bridgehead atoms. The molecule has 0 aromatic heterocycles. The van der Waals surface area contributed by atoms with Crippen molar-refractivity contribution in [2.45, 2.75) is 19.3 Å². The smallest absolute Gasteiger partial charge is 0.222 e. The first-order chi connectivity index (χ1) is 13.5. The van der Waals surface area contributed by atoms with Gasteiger partial charge in [-0.2, -0.15) is 0 Å². The second kappa shape index (κ2) is 9.85. The van der Waals surface area contributed by atoms with E-state index in [2.05, 4.69) is 55.4 Å². The van der Waals surface area contributed by atoms with Gasteiger partial charge < -0.3 is 14.9 Å². The third-order valence-electron chi connectivity index (χ3n) is 5.55. The molecule has 1 aliphatic heterocycles. The Balaban J connectivity index is 1.55. The lowest BCUT2D eigenvalue weighted by Gasteiger charge is -2.38. The third kappa shape index (κ3) is 5.66. The van der Waals surface area contributed by atoms with Crippen LogP contribution in [0.15, 0.2) is 54.6 Å². The molecule has 0 radical (unpaired) electrons. The lowest BCUT2D eigenvalue weighted by atomic mass is 9.89. The topological polar surface area (TPSA) is 43.8 Å². The monoisotopic (exact) mass is 380 g/mol. The zero-order chi connectivity index (χ0) is 19.9. The SMILES string of the molecule is CN(C)C[C@@H]1C[C@@H](CO)CN(C(=O)CCc2ccc(-c3ccccc3)cc2)C1. The Morgan fingerprint density at radius 1 is 1.00 bits per heavy atom. The van der Waals surface area contributed by atoms with Crippen molar-refractivity contribution >= 4 is 5.91 Å².